The summed E-state index contributed by atoms with van der Waals surface area (Å²) in [7, 11) is 0. The van der Waals surface area contributed by atoms with Gasteiger partial charge in [-0.05, 0) is 38.1 Å². The van der Waals surface area contributed by atoms with Crippen molar-refractivity contribution in [2.24, 2.45) is 5.92 Å². The first-order chi connectivity index (χ1) is 9.85. The van der Waals surface area contributed by atoms with Gasteiger partial charge in [-0.25, -0.2) is 0 Å². The molecule has 2 atom stereocenters. The van der Waals surface area contributed by atoms with E-state index < -0.39 is 0 Å². The van der Waals surface area contributed by atoms with Gasteiger partial charge in [0, 0.05) is 25.2 Å². The van der Waals surface area contributed by atoms with E-state index in [1.54, 1.807) is 0 Å². The van der Waals surface area contributed by atoms with E-state index in [0.29, 0.717) is 12.6 Å². The molecule has 2 saturated carbocycles. The van der Waals surface area contributed by atoms with Crippen LogP contribution in [0.3, 0.4) is 0 Å². The molecule has 0 spiro atoms. The third-order valence-electron chi connectivity index (χ3n) is 5.32. The Morgan fingerprint density at radius 3 is 2.40 bits per heavy atom. The molecule has 0 aliphatic heterocycles. The Kier molecular flexibility index (Phi) is 7.32. The van der Waals surface area contributed by atoms with Gasteiger partial charge >= 0.3 is 0 Å². The molecule has 118 valence electrons. The molecule has 0 aromatic carbocycles. The van der Waals surface area contributed by atoms with Gasteiger partial charge in [-0.15, -0.1) is 0 Å². The van der Waals surface area contributed by atoms with Crippen LogP contribution < -0.4 is 5.32 Å². The summed E-state index contributed by atoms with van der Waals surface area (Å²) in [5, 5.41) is 13.1. The summed E-state index contributed by atoms with van der Waals surface area (Å²) < 4.78 is 0. The minimum atomic E-state index is 0.315. The fraction of sp³-hybridized carbons (Fsp3) is 1.00. The van der Waals surface area contributed by atoms with Crippen molar-refractivity contribution in [3.05, 3.63) is 0 Å². The Hall–Kier alpha value is -0.120. The van der Waals surface area contributed by atoms with Crippen LogP contribution in [-0.2, 0) is 0 Å². The van der Waals surface area contributed by atoms with Crippen LogP contribution in [-0.4, -0.2) is 48.3 Å². The fourth-order valence-corrected chi connectivity index (χ4v) is 4.26. The molecule has 0 radical (unpaired) electrons. The summed E-state index contributed by atoms with van der Waals surface area (Å²) in [4.78, 5) is 2.61. The Morgan fingerprint density at radius 2 is 1.70 bits per heavy atom. The van der Waals surface area contributed by atoms with Crippen molar-refractivity contribution in [3.63, 3.8) is 0 Å². The highest BCUT2D eigenvalue weighted by molar-refractivity contribution is 4.85. The van der Waals surface area contributed by atoms with Crippen LogP contribution in [0, 0.1) is 5.92 Å². The second kappa shape index (κ2) is 9.01. The molecule has 0 bridgehead atoms. The van der Waals surface area contributed by atoms with Gasteiger partial charge in [0.2, 0.25) is 0 Å². The summed E-state index contributed by atoms with van der Waals surface area (Å²) in [6.07, 6.45) is 12.4. The number of nitrogens with one attached hydrogen (secondary N) is 1. The quantitative estimate of drug-likeness (QED) is 0.754. The number of nitrogens with zero attached hydrogens (tertiary/aromatic N) is 1. The molecule has 2 aliphatic rings. The van der Waals surface area contributed by atoms with Gasteiger partial charge in [-0.1, -0.05) is 39.0 Å². The van der Waals surface area contributed by atoms with Crippen molar-refractivity contribution in [3.8, 4) is 0 Å². The van der Waals surface area contributed by atoms with Crippen molar-refractivity contribution < 1.29 is 5.11 Å². The van der Waals surface area contributed by atoms with Crippen molar-refractivity contribution in [1.29, 1.82) is 0 Å². The maximum atomic E-state index is 9.41. The van der Waals surface area contributed by atoms with Gasteiger partial charge in [0.1, 0.15) is 0 Å². The van der Waals surface area contributed by atoms with Crippen LogP contribution in [0.15, 0.2) is 0 Å². The Balaban J connectivity index is 1.90. The number of hydrogen-bond donors (Lipinski definition) is 2. The number of hydrogen-bond acceptors (Lipinski definition) is 3. The van der Waals surface area contributed by atoms with Gasteiger partial charge in [-0.3, -0.25) is 4.90 Å². The zero-order chi connectivity index (χ0) is 14.2. The molecule has 20 heavy (non-hydrogen) atoms. The lowest BCUT2D eigenvalue weighted by Crippen LogP contribution is -2.48. The molecule has 3 nitrogen and oxygen atoms in total. The second-order valence-electron chi connectivity index (χ2n) is 6.72. The lowest BCUT2D eigenvalue weighted by atomic mass is 9.83. The predicted octanol–water partition coefficient (Wildman–Crippen LogP) is 2.78. The van der Waals surface area contributed by atoms with E-state index in [2.05, 4.69) is 17.1 Å². The van der Waals surface area contributed by atoms with E-state index in [0.717, 1.165) is 25.0 Å². The molecule has 0 saturated heterocycles. The molecular formula is C17H34N2O. The van der Waals surface area contributed by atoms with Crippen LogP contribution in [0.2, 0.25) is 0 Å². The van der Waals surface area contributed by atoms with Crippen LogP contribution in [0.1, 0.15) is 64.7 Å². The molecule has 2 aliphatic carbocycles. The lowest BCUT2D eigenvalue weighted by Gasteiger charge is -2.40. The lowest BCUT2D eigenvalue weighted by molar-refractivity contribution is 0.0867. The van der Waals surface area contributed by atoms with Crippen LogP contribution in [0.25, 0.3) is 0 Å². The third-order valence-corrected chi connectivity index (χ3v) is 5.32. The molecule has 0 amide bonds. The fourth-order valence-electron chi connectivity index (χ4n) is 4.26. The summed E-state index contributed by atoms with van der Waals surface area (Å²) in [5.74, 6) is 0.789. The molecule has 2 unspecified atom stereocenters. The molecule has 0 heterocycles. The Bertz CT molecular complexity index is 251. The van der Waals surface area contributed by atoms with E-state index in [1.165, 1.54) is 64.3 Å². The Labute approximate surface area is 125 Å². The first-order valence-corrected chi connectivity index (χ1v) is 8.93. The maximum absolute atomic E-state index is 9.41. The monoisotopic (exact) mass is 282 g/mol. The summed E-state index contributed by atoms with van der Waals surface area (Å²) in [6, 6.07) is 1.44. The minimum absolute atomic E-state index is 0.315. The van der Waals surface area contributed by atoms with E-state index in [4.69, 9.17) is 0 Å². The molecule has 0 aromatic heterocycles. The zero-order valence-corrected chi connectivity index (χ0v) is 13.3. The molecule has 2 N–H and O–H groups in total. The largest absolute Gasteiger partial charge is 0.395 e. The summed E-state index contributed by atoms with van der Waals surface area (Å²) >= 11 is 0. The van der Waals surface area contributed by atoms with Gasteiger partial charge in [0.25, 0.3) is 0 Å². The van der Waals surface area contributed by atoms with Gasteiger partial charge in [0.15, 0.2) is 0 Å². The first kappa shape index (κ1) is 16.3. The maximum Gasteiger partial charge on any atom is 0.0558 e. The van der Waals surface area contributed by atoms with E-state index in [9.17, 15) is 5.11 Å². The summed E-state index contributed by atoms with van der Waals surface area (Å²) in [6.45, 7) is 5.70. The third kappa shape index (κ3) is 4.71. The van der Waals surface area contributed by atoms with Crippen LogP contribution in [0.5, 0.6) is 0 Å². The number of rotatable bonds is 7. The van der Waals surface area contributed by atoms with Gasteiger partial charge in [0.05, 0.1) is 6.61 Å². The Morgan fingerprint density at radius 1 is 1.00 bits per heavy atom. The van der Waals surface area contributed by atoms with E-state index >= 15 is 0 Å². The average molecular weight is 282 g/mol. The second-order valence-corrected chi connectivity index (χ2v) is 6.72. The normalized spacial score (nSPS) is 28.9. The van der Waals surface area contributed by atoms with E-state index in [-0.39, 0.29) is 0 Å². The minimum Gasteiger partial charge on any atom is -0.395 e. The molecule has 3 heteroatoms. The highest BCUT2D eigenvalue weighted by Gasteiger charge is 2.29. The van der Waals surface area contributed by atoms with Crippen molar-refractivity contribution in [2.75, 3.05) is 26.2 Å². The van der Waals surface area contributed by atoms with Gasteiger partial charge in [-0.2, -0.15) is 0 Å². The topological polar surface area (TPSA) is 35.5 Å². The first-order valence-electron chi connectivity index (χ1n) is 8.93. The highest BCUT2D eigenvalue weighted by atomic mass is 16.3. The van der Waals surface area contributed by atoms with Crippen molar-refractivity contribution in [2.45, 2.75) is 76.8 Å². The molecular weight excluding hydrogens is 248 g/mol. The van der Waals surface area contributed by atoms with Crippen molar-refractivity contribution in [1.82, 2.24) is 10.2 Å². The molecule has 2 fully saturated rings. The van der Waals surface area contributed by atoms with Crippen LogP contribution in [0.4, 0.5) is 0 Å². The zero-order valence-electron chi connectivity index (χ0n) is 13.3. The van der Waals surface area contributed by atoms with Gasteiger partial charge < -0.3 is 10.4 Å². The summed E-state index contributed by atoms with van der Waals surface area (Å²) in [5.41, 5.74) is 0. The predicted molar refractivity (Wildman–Crippen MR) is 85.0 cm³/mol. The highest BCUT2D eigenvalue weighted by Crippen LogP contribution is 2.28. The number of aliphatic hydroxyl groups is 1. The van der Waals surface area contributed by atoms with Crippen LogP contribution >= 0.6 is 0 Å². The smallest absolute Gasteiger partial charge is 0.0558 e. The standard InChI is InChI=1S/C17H34N2O/c1-2-18-17-11-7-6-8-15(17)14-19(12-13-20)16-9-4-3-5-10-16/h15-18,20H,2-14H2,1H3. The average Bonchev–Trinajstić information content (AvgIpc) is 2.50. The van der Waals surface area contributed by atoms with Crippen molar-refractivity contribution >= 4 is 0 Å². The molecule has 0 aromatic rings. The van der Waals surface area contributed by atoms with E-state index in [1.807, 2.05) is 0 Å². The number of aliphatic hydroxyl groups excluding tert-OH is 1. The SMILES string of the molecule is CCNC1CCCCC1CN(CCO)C1CCCCC1. The molecule has 2 rings (SSSR count).